The van der Waals surface area contributed by atoms with Crippen LogP contribution in [0.4, 0.5) is 0 Å². The molecule has 3 heteroatoms. The maximum absolute atomic E-state index is 6.06. The highest BCUT2D eigenvalue weighted by Crippen LogP contribution is 2.25. The normalized spacial score (nSPS) is 13.4. The largest absolute Gasteiger partial charge is 0.543 e. The fourth-order valence-corrected chi connectivity index (χ4v) is 2.32. The molecule has 0 aliphatic rings. The summed E-state index contributed by atoms with van der Waals surface area (Å²) >= 11 is 6.06. The molecule has 0 aliphatic carbocycles. The van der Waals surface area contributed by atoms with Gasteiger partial charge in [-0.3, -0.25) is 0 Å². The minimum Gasteiger partial charge on any atom is -0.543 e. The lowest BCUT2D eigenvalue weighted by Crippen LogP contribution is -2.24. The summed E-state index contributed by atoms with van der Waals surface area (Å²) in [6.07, 6.45) is 0. The summed E-state index contributed by atoms with van der Waals surface area (Å²) in [5.74, 6) is 0.816. The number of halogens is 1. The van der Waals surface area contributed by atoms with E-state index < -0.39 is 8.32 Å². The van der Waals surface area contributed by atoms with Gasteiger partial charge in [-0.05, 0) is 26.6 Å². The van der Waals surface area contributed by atoms with Gasteiger partial charge >= 0.3 is 0 Å². The Morgan fingerprint density at radius 1 is 1.13 bits per heavy atom. The average molecular weight is 241 g/mol. The molecule has 1 rings (SSSR count). The molecule has 0 aliphatic heterocycles. The molecule has 0 unspecified atom stereocenters. The summed E-state index contributed by atoms with van der Waals surface area (Å²) in [6.45, 7) is 8.31. The standard InChI is InChI=1S/C12H17ClOSi/c1-10(13)12(14-15(2,3)4)11-8-6-5-7-9-11/h5-9H,1-4H3/b12-10+. The lowest BCUT2D eigenvalue weighted by atomic mass is 10.2. The van der Waals surface area contributed by atoms with Crippen molar-refractivity contribution in [3.05, 3.63) is 40.9 Å². The highest BCUT2D eigenvalue weighted by molar-refractivity contribution is 6.70. The van der Waals surface area contributed by atoms with Crippen LogP contribution in [0.3, 0.4) is 0 Å². The van der Waals surface area contributed by atoms with E-state index in [4.69, 9.17) is 16.0 Å². The van der Waals surface area contributed by atoms with Crippen LogP contribution in [0.5, 0.6) is 0 Å². The van der Waals surface area contributed by atoms with Gasteiger partial charge in [-0.15, -0.1) is 0 Å². The predicted molar refractivity (Wildman–Crippen MR) is 69.3 cm³/mol. The van der Waals surface area contributed by atoms with Gasteiger partial charge in [-0.25, -0.2) is 0 Å². The molecule has 0 atom stereocenters. The summed E-state index contributed by atoms with van der Waals surface area (Å²) in [5, 5.41) is 0.712. The third kappa shape index (κ3) is 4.10. The smallest absolute Gasteiger partial charge is 0.242 e. The fourth-order valence-electron chi connectivity index (χ4n) is 1.22. The highest BCUT2D eigenvalue weighted by atomic mass is 35.5. The molecule has 1 aromatic rings. The number of hydrogen-bond acceptors (Lipinski definition) is 1. The summed E-state index contributed by atoms with van der Waals surface area (Å²) in [4.78, 5) is 0. The number of rotatable bonds is 3. The molecular formula is C12H17ClOSi. The monoisotopic (exact) mass is 240 g/mol. The van der Waals surface area contributed by atoms with Gasteiger partial charge in [0.05, 0.1) is 5.03 Å². The van der Waals surface area contributed by atoms with E-state index in [9.17, 15) is 0 Å². The van der Waals surface area contributed by atoms with Crippen LogP contribution in [0.2, 0.25) is 19.6 Å². The Kier molecular flexibility index (Phi) is 4.00. The SMILES string of the molecule is C/C(Cl)=C(\O[Si](C)(C)C)c1ccccc1. The van der Waals surface area contributed by atoms with Crippen molar-refractivity contribution in [3.8, 4) is 0 Å². The molecule has 1 nitrogen and oxygen atoms in total. The minimum atomic E-state index is -1.61. The topological polar surface area (TPSA) is 9.23 Å². The molecule has 0 spiro atoms. The van der Waals surface area contributed by atoms with E-state index >= 15 is 0 Å². The van der Waals surface area contributed by atoms with Gasteiger partial charge in [0.15, 0.2) is 0 Å². The quantitative estimate of drug-likeness (QED) is 0.560. The number of allylic oxidation sites excluding steroid dienone is 1. The van der Waals surface area contributed by atoms with Gasteiger partial charge in [0.25, 0.3) is 0 Å². The summed E-state index contributed by atoms with van der Waals surface area (Å²) in [6, 6.07) is 9.99. The molecule has 0 radical (unpaired) electrons. The van der Waals surface area contributed by atoms with Crippen LogP contribution in [0.1, 0.15) is 12.5 Å². The molecule has 15 heavy (non-hydrogen) atoms. The summed E-state index contributed by atoms with van der Waals surface area (Å²) in [5.41, 5.74) is 1.05. The lowest BCUT2D eigenvalue weighted by molar-refractivity contribution is 0.512. The van der Waals surface area contributed by atoms with Gasteiger partial charge in [0, 0.05) is 5.56 Å². The van der Waals surface area contributed by atoms with Crippen molar-refractivity contribution in [2.24, 2.45) is 0 Å². The maximum atomic E-state index is 6.06. The van der Waals surface area contributed by atoms with Gasteiger partial charge in [0.1, 0.15) is 5.76 Å². The Balaban J connectivity index is 3.02. The van der Waals surface area contributed by atoms with Crippen molar-refractivity contribution >= 4 is 25.7 Å². The third-order valence-electron chi connectivity index (χ3n) is 1.76. The Morgan fingerprint density at radius 3 is 2.07 bits per heavy atom. The first-order valence-electron chi connectivity index (χ1n) is 5.01. The van der Waals surface area contributed by atoms with Crippen LogP contribution in [-0.2, 0) is 4.43 Å². The second-order valence-corrected chi connectivity index (χ2v) is 9.44. The Hall–Kier alpha value is -0.733. The first-order chi connectivity index (χ1) is 6.90. The van der Waals surface area contributed by atoms with E-state index in [1.54, 1.807) is 0 Å². The van der Waals surface area contributed by atoms with Crippen molar-refractivity contribution in [3.63, 3.8) is 0 Å². The third-order valence-corrected chi connectivity index (χ3v) is 2.75. The van der Waals surface area contributed by atoms with Gasteiger partial charge < -0.3 is 4.43 Å². The zero-order valence-electron chi connectivity index (χ0n) is 9.67. The molecule has 0 amide bonds. The van der Waals surface area contributed by atoms with E-state index in [2.05, 4.69) is 19.6 Å². The van der Waals surface area contributed by atoms with Crippen LogP contribution in [-0.4, -0.2) is 8.32 Å². The first kappa shape index (κ1) is 12.3. The van der Waals surface area contributed by atoms with Crippen molar-refractivity contribution < 1.29 is 4.43 Å². The van der Waals surface area contributed by atoms with Gasteiger partial charge in [-0.1, -0.05) is 41.9 Å². The lowest BCUT2D eigenvalue weighted by Gasteiger charge is -2.22. The molecule has 0 fully saturated rings. The zero-order chi connectivity index (χ0) is 11.5. The van der Waals surface area contributed by atoms with Crippen molar-refractivity contribution in [1.82, 2.24) is 0 Å². The van der Waals surface area contributed by atoms with Crippen molar-refractivity contribution in [1.29, 1.82) is 0 Å². The average Bonchev–Trinajstić information content (AvgIpc) is 2.14. The van der Waals surface area contributed by atoms with Crippen molar-refractivity contribution in [2.75, 3.05) is 0 Å². The van der Waals surface area contributed by atoms with Gasteiger partial charge in [0.2, 0.25) is 8.32 Å². The highest BCUT2D eigenvalue weighted by Gasteiger charge is 2.19. The molecular weight excluding hydrogens is 224 g/mol. The van der Waals surface area contributed by atoms with Crippen molar-refractivity contribution in [2.45, 2.75) is 26.6 Å². The molecule has 0 aromatic heterocycles. The molecule has 0 heterocycles. The van der Waals surface area contributed by atoms with Crippen LogP contribution in [0.25, 0.3) is 5.76 Å². The maximum Gasteiger partial charge on any atom is 0.242 e. The molecule has 0 saturated heterocycles. The van der Waals surface area contributed by atoms with Crippen LogP contribution in [0, 0.1) is 0 Å². The molecule has 0 saturated carbocycles. The number of benzene rings is 1. The second-order valence-electron chi connectivity index (χ2n) is 4.44. The zero-order valence-corrected chi connectivity index (χ0v) is 11.4. The van der Waals surface area contributed by atoms with Crippen LogP contribution < -0.4 is 0 Å². The molecule has 82 valence electrons. The van der Waals surface area contributed by atoms with E-state index in [1.165, 1.54) is 0 Å². The Labute approximate surface area is 97.9 Å². The summed E-state index contributed by atoms with van der Waals surface area (Å²) < 4.78 is 5.97. The molecule has 0 bridgehead atoms. The van der Waals surface area contributed by atoms with Crippen LogP contribution >= 0.6 is 11.6 Å². The first-order valence-corrected chi connectivity index (χ1v) is 8.79. The van der Waals surface area contributed by atoms with E-state index in [0.29, 0.717) is 5.03 Å². The minimum absolute atomic E-state index is 0.712. The van der Waals surface area contributed by atoms with E-state index in [1.807, 2.05) is 37.3 Å². The molecule has 1 aromatic carbocycles. The molecule has 0 N–H and O–H groups in total. The summed E-state index contributed by atoms with van der Waals surface area (Å²) in [7, 11) is -1.61. The van der Waals surface area contributed by atoms with Gasteiger partial charge in [-0.2, -0.15) is 0 Å². The predicted octanol–water partition coefficient (Wildman–Crippen LogP) is 4.47. The van der Waals surface area contributed by atoms with Crippen LogP contribution in [0.15, 0.2) is 35.4 Å². The fraction of sp³-hybridized carbons (Fsp3) is 0.333. The Bertz CT molecular complexity index is 348. The number of hydrogen-bond donors (Lipinski definition) is 0. The second kappa shape index (κ2) is 4.86. The van der Waals surface area contributed by atoms with E-state index in [-0.39, 0.29) is 0 Å². The Morgan fingerprint density at radius 2 is 1.67 bits per heavy atom. The van der Waals surface area contributed by atoms with E-state index in [0.717, 1.165) is 11.3 Å².